The van der Waals surface area contributed by atoms with Crippen molar-refractivity contribution in [1.29, 1.82) is 0 Å². The number of carbonyl (C=O) groups is 1. The maximum Gasteiger partial charge on any atom is 0.573 e. The molecule has 5 nitrogen and oxygen atoms in total. The monoisotopic (exact) mass is 357 g/mol. The van der Waals surface area contributed by atoms with Crippen molar-refractivity contribution in [2.75, 3.05) is 0 Å². The predicted octanol–water partition coefficient (Wildman–Crippen LogP) is 4.49. The van der Waals surface area contributed by atoms with Crippen LogP contribution in [0.1, 0.15) is 34.8 Å². The molecule has 2 aromatic rings. The van der Waals surface area contributed by atoms with Gasteiger partial charge in [0, 0.05) is 29.9 Å². The average Bonchev–Trinajstić information content (AvgIpc) is 3.33. The molecule has 132 valence electrons. The molecule has 1 heterocycles. The van der Waals surface area contributed by atoms with Crippen molar-refractivity contribution < 1.29 is 36.9 Å². The zero-order chi connectivity index (χ0) is 18.2. The number of hydrogen-bond acceptors (Lipinski definition) is 4. The van der Waals surface area contributed by atoms with E-state index >= 15 is 0 Å². The lowest BCUT2D eigenvalue weighted by atomic mass is 10.2. The lowest BCUT2D eigenvalue weighted by Crippen LogP contribution is -2.17. The summed E-state index contributed by atoms with van der Waals surface area (Å²) in [6.07, 6.45) is -2.03. The molecule has 0 amide bonds. The topological polar surface area (TPSA) is 68.7 Å². The van der Waals surface area contributed by atoms with Gasteiger partial charge >= 0.3 is 12.3 Å². The first-order valence-electron chi connectivity index (χ1n) is 7.19. The van der Waals surface area contributed by atoms with Crippen molar-refractivity contribution in [3.05, 3.63) is 47.5 Å². The summed E-state index contributed by atoms with van der Waals surface area (Å²) < 4.78 is 59.0. The number of hydrogen-bond donors (Lipinski definition) is 1. The fourth-order valence-electron chi connectivity index (χ4n) is 2.18. The number of nitrogens with zero attached hydrogens (tertiary/aromatic N) is 1. The van der Waals surface area contributed by atoms with E-state index in [1.54, 1.807) is 0 Å². The van der Waals surface area contributed by atoms with Gasteiger partial charge in [-0.3, -0.25) is 4.98 Å². The molecule has 0 spiro atoms. The van der Waals surface area contributed by atoms with Crippen LogP contribution in [0.5, 0.6) is 17.2 Å². The van der Waals surface area contributed by atoms with Gasteiger partial charge < -0.3 is 14.6 Å². The molecule has 0 atom stereocenters. The van der Waals surface area contributed by atoms with Gasteiger partial charge in [0.25, 0.3) is 0 Å². The van der Waals surface area contributed by atoms with E-state index in [4.69, 9.17) is 4.74 Å². The van der Waals surface area contributed by atoms with Gasteiger partial charge in [-0.15, -0.1) is 13.2 Å². The number of benzene rings is 1. The fraction of sp³-hybridized carbons (Fsp3) is 0.250. The highest BCUT2D eigenvalue weighted by molar-refractivity contribution is 5.90. The molecule has 0 unspecified atom stereocenters. The third-order valence-corrected chi connectivity index (χ3v) is 3.47. The second kappa shape index (κ2) is 6.23. The van der Waals surface area contributed by atoms with Crippen molar-refractivity contribution in [2.24, 2.45) is 0 Å². The zero-order valence-electron chi connectivity index (χ0n) is 12.5. The molecule has 0 aliphatic heterocycles. The summed E-state index contributed by atoms with van der Waals surface area (Å²) in [4.78, 5) is 15.3. The lowest BCUT2D eigenvalue weighted by molar-refractivity contribution is -0.275. The van der Waals surface area contributed by atoms with Crippen LogP contribution in [-0.2, 0) is 0 Å². The third kappa shape index (κ3) is 4.17. The van der Waals surface area contributed by atoms with Crippen LogP contribution in [0.4, 0.5) is 17.6 Å². The van der Waals surface area contributed by atoms with E-state index in [0.717, 1.165) is 31.2 Å². The summed E-state index contributed by atoms with van der Waals surface area (Å²) in [5.74, 6) is -3.59. The van der Waals surface area contributed by atoms with Gasteiger partial charge in [-0.2, -0.15) is 0 Å². The smallest absolute Gasteiger partial charge is 0.477 e. The summed E-state index contributed by atoms with van der Waals surface area (Å²) >= 11 is 0. The second-order valence-corrected chi connectivity index (χ2v) is 5.43. The number of alkyl halides is 3. The number of halogens is 4. The highest BCUT2D eigenvalue weighted by Crippen LogP contribution is 2.41. The Kier molecular flexibility index (Phi) is 4.23. The maximum atomic E-state index is 13.7. The van der Waals surface area contributed by atoms with E-state index in [2.05, 4.69) is 9.72 Å². The van der Waals surface area contributed by atoms with Crippen molar-refractivity contribution in [2.45, 2.75) is 25.1 Å². The molecular weight excluding hydrogens is 346 g/mol. The van der Waals surface area contributed by atoms with Crippen LogP contribution in [0, 0.1) is 5.82 Å². The fourth-order valence-corrected chi connectivity index (χ4v) is 2.18. The average molecular weight is 357 g/mol. The molecule has 3 rings (SSSR count). The molecule has 0 saturated heterocycles. The highest BCUT2D eigenvalue weighted by Gasteiger charge is 2.32. The minimum atomic E-state index is -5.02. The van der Waals surface area contributed by atoms with E-state index in [9.17, 15) is 27.5 Å². The van der Waals surface area contributed by atoms with Crippen LogP contribution in [-0.4, -0.2) is 22.4 Å². The Balaban J connectivity index is 1.87. The van der Waals surface area contributed by atoms with Crippen molar-refractivity contribution in [3.8, 4) is 17.2 Å². The number of carboxylic acids is 1. The predicted molar refractivity (Wildman–Crippen MR) is 76.3 cm³/mol. The Bertz CT molecular complexity index is 818. The molecular formula is C16H11F4NO4. The Hall–Kier alpha value is -2.84. The Labute approximate surface area is 138 Å². The Morgan fingerprint density at radius 3 is 2.48 bits per heavy atom. The molecule has 1 aromatic heterocycles. The van der Waals surface area contributed by atoms with E-state index in [1.165, 1.54) is 6.07 Å². The first-order chi connectivity index (χ1) is 11.7. The summed E-state index contributed by atoms with van der Waals surface area (Å²) in [6.45, 7) is 0. The van der Waals surface area contributed by atoms with Crippen LogP contribution < -0.4 is 9.47 Å². The molecule has 9 heteroatoms. The normalized spacial score (nSPS) is 14.2. The number of carboxylic acid groups (broad SMARTS) is 1. The van der Waals surface area contributed by atoms with Gasteiger partial charge in [0.2, 0.25) is 0 Å². The van der Waals surface area contributed by atoms with Crippen molar-refractivity contribution in [3.63, 3.8) is 0 Å². The second-order valence-electron chi connectivity index (χ2n) is 5.43. The minimum Gasteiger partial charge on any atom is -0.477 e. The number of aromatic nitrogens is 1. The van der Waals surface area contributed by atoms with Gasteiger partial charge in [0.1, 0.15) is 17.1 Å². The zero-order valence-corrected chi connectivity index (χ0v) is 12.5. The van der Waals surface area contributed by atoms with Gasteiger partial charge in [-0.05, 0) is 25.0 Å². The number of ether oxygens (including phenoxy) is 2. The number of aromatic carboxylic acids is 1. The number of pyridine rings is 1. The molecule has 0 radical (unpaired) electrons. The Morgan fingerprint density at radius 1 is 1.20 bits per heavy atom. The lowest BCUT2D eigenvalue weighted by Gasteiger charge is -2.12. The minimum absolute atomic E-state index is 0.0618. The van der Waals surface area contributed by atoms with E-state index < -0.39 is 23.9 Å². The van der Waals surface area contributed by atoms with Gasteiger partial charge in [-0.25, -0.2) is 9.18 Å². The molecule has 0 bridgehead atoms. The van der Waals surface area contributed by atoms with Gasteiger partial charge in [0.15, 0.2) is 11.6 Å². The SMILES string of the molecule is O=C(O)c1cnc(C2CC2)cc1Oc1ccc(OC(F)(F)F)c(F)c1. The Morgan fingerprint density at radius 2 is 1.92 bits per heavy atom. The molecule has 1 N–H and O–H groups in total. The first kappa shape index (κ1) is 17.0. The maximum absolute atomic E-state index is 13.7. The molecule has 1 aliphatic carbocycles. The molecule has 25 heavy (non-hydrogen) atoms. The van der Waals surface area contributed by atoms with E-state index in [-0.39, 0.29) is 23.0 Å². The van der Waals surface area contributed by atoms with Crippen LogP contribution in [0.15, 0.2) is 30.5 Å². The van der Waals surface area contributed by atoms with Gasteiger partial charge in [0.05, 0.1) is 0 Å². The van der Waals surface area contributed by atoms with E-state index in [0.29, 0.717) is 11.8 Å². The summed E-state index contributed by atoms with van der Waals surface area (Å²) in [5, 5.41) is 9.18. The van der Waals surface area contributed by atoms with Crippen LogP contribution in [0.2, 0.25) is 0 Å². The van der Waals surface area contributed by atoms with Gasteiger partial charge in [-0.1, -0.05) is 0 Å². The van der Waals surface area contributed by atoms with Crippen LogP contribution in [0.3, 0.4) is 0 Å². The summed E-state index contributed by atoms with van der Waals surface area (Å²) in [7, 11) is 0. The van der Waals surface area contributed by atoms with E-state index in [1.807, 2.05) is 0 Å². The number of rotatable bonds is 5. The first-order valence-corrected chi connectivity index (χ1v) is 7.19. The quantitative estimate of drug-likeness (QED) is 0.799. The third-order valence-electron chi connectivity index (χ3n) is 3.47. The standard InChI is InChI=1S/C16H11F4NO4/c17-11-5-9(3-4-13(11)25-16(18,19)20)24-14-6-12(8-1-2-8)21-7-10(14)15(22)23/h3-8H,1-2H2,(H,22,23). The largest absolute Gasteiger partial charge is 0.573 e. The highest BCUT2D eigenvalue weighted by atomic mass is 19.4. The molecule has 1 fully saturated rings. The molecule has 1 saturated carbocycles. The molecule has 1 aliphatic rings. The molecule has 1 aromatic carbocycles. The van der Waals surface area contributed by atoms with Crippen molar-refractivity contribution in [1.82, 2.24) is 4.98 Å². The summed E-state index contributed by atoms with van der Waals surface area (Å²) in [5.41, 5.74) is 0.415. The summed E-state index contributed by atoms with van der Waals surface area (Å²) in [6, 6.07) is 3.93. The van der Waals surface area contributed by atoms with Crippen molar-refractivity contribution >= 4 is 5.97 Å². The van der Waals surface area contributed by atoms with Crippen LogP contribution >= 0.6 is 0 Å². The van der Waals surface area contributed by atoms with Crippen LogP contribution in [0.25, 0.3) is 0 Å².